The largest absolute Gasteiger partial charge is 0.454 e. The number of benzene rings is 1. The van der Waals surface area contributed by atoms with Gasteiger partial charge in [0.2, 0.25) is 12.7 Å². The van der Waals surface area contributed by atoms with Crippen molar-refractivity contribution in [2.24, 2.45) is 21.6 Å². The Hall–Kier alpha value is -3.13. The fourth-order valence-electron chi connectivity index (χ4n) is 5.46. The molecule has 0 spiro atoms. The zero-order valence-corrected chi connectivity index (χ0v) is 27.9. The number of ether oxygens (including phenoxy) is 3. The smallest absolute Gasteiger partial charge is 0.410 e. The zero-order chi connectivity index (χ0) is 31.1. The standard InChI is InChI=1S/C29H40BrN7O5S/c1-17(35(6)27(39)42-28(2,3)4)25(38)36-10-7-18(8-11-36)9-12-37-26(34-23-24(31)32-15-33-29(23,37)5)43-22-14-21-20(13-19(22)30)40-16-41-21/h13-15,17-18H,7-12,16,31H2,1-6H3,(H,32,33)/t17-,29?/m1/s1. The maximum Gasteiger partial charge on any atom is 0.410 e. The number of carbonyl (C=O) groups excluding carboxylic acids is 2. The SMILES string of the molecule is C[C@H](C(=O)N1CCC(CCN2C(Sc3cc4c(cc3Br)OCO4)=NC3=C(N)NC=NC32C)CC1)N(C)C(=O)OC(C)(C)C. The summed E-state index contributed by atoms with van der Waals surface area (Å²) in [6.07, 6.45) is 3.79. The lowest BCUT2D eigenvalue weighted by Gasteiger charge is -2.39. The molecule has 1 unspecified atom stereocenters. The molecule has 0 bridgehead atoms. The van der Waals surface area contributed by atoms with Crippen LogP contribution in [0.3, 0.4) is 0 Å². The van der Waals surface area contributed by atoms with E-state index in [9.17, 15) is 9.59 Å². The van der Waals surface area contributed by atoms with Crippen LogP contribution in [0.4, 0.5) is 4.79 Å². The van der Waals surface area contributed by atoms with Gasteiger partial charge in [-0.1, -0.05) is 11.8 Å². The second-order valence-electron chi connectivity index (χ2n) is 12.3. The third kappa shape index (κ3) is 6.54. The minimum atomic E-state index is -0.723. The van der Waals surface area contributed by atoms with E-state index < -0.39 is 23.4 Å². The number of hydrogen-bond donors (Lipinski definition) is 2. The van der Waals surface area contributed by atoms with Crippen molar-refractivity contribution in [1.29, 1.82) is 0 Å². The highest BCUT2D eigenvalue weighted by Crippen LogP contribution is 2.45. The maximum absolute atomic E-state index is 13.2. The summed E-state index contributed by atoms with van der Waals surface area (Å²) >= 11 is 5.20. The third-order valence-corrected chi connectivity index (χ3v) is 10.1. The van der Waals surface area contributed by atoms with E-state index in [1.807, 2.05) is 44.7 Å². The Morgan fingerprint density at radius 3 is 2.63 bits per heavy atom. The van der Waals surface area contributed by atoms with Gasteiger partial charge in [0.05, 0.1) is 6.34 Å². The van der Waals surface area contributed by atoms with Crippen molar-refractivity contribution in [3.8, 4) is 11.5 Å². The van der Waals surface area contributed by atoms with Crippen LogP contribution in [-0.2, 0) is 9.53 Å². The van der Waals surface area contributed by atoms with Gasteiger partial charge in [-0.25, -0.2) is 14.8 Å². The van der Waals surface area contributed by atoms with Crippen LogP contribution in [-0.4, -0.2) is 89.0 Å². The number of likely N-dealkylation sites (tertiary alicyclic amines) is 1. The van der Waals surface area contributed by atoms with Crippen molar-refractivity contribution >= 4 is 51.2 Å². The summed E-state index contributed by atoms with van der Waals surface area (Å²) < 4.78 is 17.4. The van der Waals surface area contributed by atoms with Gasteiger partial charge in [0.15, 0.2) is 22.3 Å². The molecular formula is C29H40BrN7O5S. The van der Waals surface area contributed by atoms with Crippen LogP contribution in [0.25, 0.3) is 0 Å². The number of fused-ring (bicyclic) bond motifs is 2. The summed E-state index contributed by atoms with van der Waals surface area (Å²) in [7, 11) is 1.61. The summed E-state index contributed by atoms with van der Waals surface area (Å²) in [5, 5.41) is 3.79. The molecule has 2 amide bonds. The highest BCUT2D eigenvalue weighted by molar-refractivity contribution is 9.10. The molecule has 0 radical (unpaired) electrons. The van der Waals surface area contributed by atoms with E-state index >= 15 is 0 Å². The van der Waals surface area contributed by atoms with E-state index in [0.717, 1.165) is 40.3 Å². The zero-order valence-electron chi connectivity index (χ0n) is 25.5. The van der Waals surface area contributed by atoms with Crippen LogP contribution in [0.15, 0.2) is 43.0 Å². The minimum Gasteiger partial charge on any atom is -0.454 e. The first kappa shape index (κ1) is 31.3. The molecule has 4 aliphatic rings. The fourth-order valence-corrected chi connectivity index (χ4v) is 7.06. The van der Waals surface area contributed by atoms with Crippen LogP contribution in [0.5, 0.6) is 11.5 Å². The summed E-state index contributed by atoms with van der Waals surface area (Å²) in [6.45, 7) is 11.4. The average Bonchev–Trinajstić information content (AvgIpc) is 3.51. The topological polar surface area (TPSA) is 134 Å². The molecule has 1 saturated heterocycles. The number of aliphatic imine (C=N–C) groups is 2. The lowest BCUT2D eigenvalue weighted by molar-refractivity contribution is -0.137. The van der Waals surface area contributed by atoms with Crippen LogP contribution >= 0.6 is 27.7 Å². The molecule has 14 heteroatoms. The molecule has 2 atom stereocenters. The normalized spacial score (nSPS) is 22.3. The molecule has 4 heterocycles. The summed E-state index contributed by atoms with van der Waals surface area (Å²) in [5.74, 6) is 2.25. The number of amides is 2. The molecule has 3 N–H and O–H groups in total. The number of halogens is 1. The first-order valence-corrected chi connectivity index (χ1v) is 16.1. The number of hydrogen-bond acceptors (Lipinski definition) is 11. The summed E-state index contributed by atoms with van der Waals surface area (Å²) in [5.41, 5.74) is 5.67. The molecule has 43 heavy (non-hydrogen) atoms. The molecule has 5 rings (SSSR count). The molecule has 0 saturated carbocycles. The second kappa shape index (κ2) is 12.1. The molecule has 1 aromatic carbocycles. The van der Waals surface area contributed by atoms with Crippen molar-refractivity contribution in [1.82, 2.24) is 20.0 Å². The number of piperidine rings is 1. The van der Waals surface area contributed by atoms with E-state index in [4.69, 9.17) is 29.9 Å². The number of nitrogens with two attached hydrogens (primary N) is 1. The predicted octanol–water partition coefficient (Wildman–Crippen LogP) is 4.30. The Morgan fingerprint density at radius 1 is 1.28 bits per heavy atom. The summed E-state index contributed by atoms with van der Waals surface area (Å²) in [6, 6.07) is 3.26. The lowest BCUT2D eigenvalue weighted by atomic mass is 9.92. The van der Waals surface area contributed by atoms with Crippen molar-refractivity contribution in [3.05, 3.63) is 28.1 Å². The molecule has 0 aliphatic carbocycles. The Balaban J connectivity index is 1.22. The number of nitrogens with one attached hydrogen (secondary N) is 1. The maximum atomic E-state index is 13.2. The number of carbonyl (C=O) groups is 2. The number of amidine groups is 1. The molecule has 234 valence electrons. The van der Waals surface area contributed by atoms with E-state index in [0.29, 0.717) is 42.0 Å². The van der Waals surface area contributed by atoms with E-state index in [1.165, 1.54) is 16.7 Å². The van der Waals surface area contributed by atoms with Gasteiger partial charge in [-0.2, -0.15) is 0 Å². The Labute approximate surface area is 265 Å². The van der Waals surface area contributed by atoms with E-state index in [2.05, 4.69) is 26.1 Å². The quantitative estimate of drug-likeness (QED) is 0.452. The van der Waals surface area contributed by atoms with Gasteiger partial charge >= 0.3 is 6.09 Å². The second-order valence-corrected chi connectivity index (χ2v) is 14.2. The molecule has 0 aromatic heterocycles. The number of nitrogens with zero attached hydrogens (tertiary/aromatic N) is 5. The minimum absolute atomic E-state index is 0.0618. The number of likely N-dealkylation sites (N-methyl/N-ethyl adjacent to an activating group) is 1. The van der Waals surface area contributed by atoms with Gasteiger partial charge < -0.3 is 35.1 Å². The van der Waals surface area contributed by atoms with Crippen LogP contribution < -0.4 is 20.5 Å². The van der Waals surface area contributed by atoms with Gasteiger partial charge in [-0.05, 0) is 87.9 Å². The first-order valence-electron chi connectivity index (χ1n) is 14.4. The average molecular weight is 679 g/mol. The predicted molar refractivity (Wildman–Crippen MR) is 169 cm³/mol. The van der Waals surface area contributed by atoms with E-state index in [-0.39, 0.29) is 12.7 Å². The highest BCUT2D eigenvalue weighted by atomic mass is 79.9. The van der Waals surface area contributed by atoms with Gasteiger partial charge in [0.25, 0.3) is 0 Å². The van der Waals surface area contributed by atoms with Crippen molar-refractivity contribution < 1.29 is 23.8 Å². The van der Waals surface area contributed by atoms with E-state index in [1.54, 1.807) is 20.3 Å². The Bertz CT molecular complexity index is 1370. The van der Waals surface area contributed by atoms with Gasteiger partial charge in [-0.15, -0.1) is 0 Å². The molecule has 1 aromatic rings. The van der Waals surface area contributed by atoms with Crippen molar-refractivity contribution in [2.45, 2.75) is 76.1 Å². The Kier molecular flexibility index (Phi) is 8.81. The van der Waals surface area contributed by atoms with Crippen LogP contribution in [0, 0.1) is 5.92 Å². The van der Waals surface area contributed by atoms with Gasteiger partial charge in [0, 0.05) is 36.1 Å². The molecule has 12 nitrogen and oxygen atoms in total. The number of rotatable bonds is 6. The highest BCUT2D eigenvalue weighted by Gasteiger charge is 2.46. The van der Waals surface area contributed by atoms with Gasteiger partial charge in [-0.3, -0.25) is 9.69 Å². The van der Waals surface area contributed by atoms with Crippen molar-refractivity contribution in [3.63, 3.8) is 0 Å². The summed E-state index contributed by atoms with van der Waals surface area (Å²) in [4.78, 5) is 41.8. The Morgan fingerprint density at radius 2 is 1.95 bits per heavy atom. The molecule has 1 fully saturated rings. The third-order valence-electron chi connectivity index (χ3n) is 8.14. The fraction of sp³-hybridized carbons (Fsp3) is 0.586. The molecule has 4 aliphatic heterocycles. The lowest BCUT2D eigenvalue weighted by Crippen LogP contribution is -2.51. The first-order chi connectivity index (χ1) is 20.3. The van der Waals surface area contributed by atoms with Crippen LogP contribution in [0.1, 0.15) is 53.9 Å². The number of thioether (sulfide) groups is 1. The van der Waals surface area contributed by atoms with Gasteiger partial charge in [0.1, 0.15) is 23.2 Å². The monoisotopic (exact) mass is 677 g/mol. The molecular weight excluding hydrogens is 638 g/mol. The van der Waals surface area contributed by atoms with Crippen LogP contribution in [0.2, 0.25) is 0 Å². The van der Waals surface area contributed by atoms with Crippen molar-refractivity contribution in [2.75, 3.05) is 33.5 Å².